The molecule has 0 unspecified atom stereocenters. The lowest BCUT2D eigenvalue weighted by Crippen LogP contribution is -1.82. The summed E-state index contributed by atoms with van der Waals surface area (Å²) in [7, 11) is 0. The van der Waals surface area contributed by atoms with Crippen LogP contribution in [0.5, 0.6) is 0 Å². The Morgan fingerprint density at radius 2 is 2.07 bits per heavy atom. The minimum atomic E-state index is -0.238. The normalized spacial score (nSPS) is 10.1. The number of pyridine rings is 1. The molecule has 1 aromatic heterocycles. The van der Waals surface area contributed by atoms with Crippen LogP contribution in [0.1, 0.15) is 0 Å². The fraction of sp³-hybridized carbons (Fsp3) is 0. The topological polar surface area (TPSA) is 12.9 Å². The second kappa shape index (κ2) is 3.88. The van der Waals surface area contributed by atoms with Gasteiger partial charge in [0.15, 0.2) is 0 Å². The van der Waals surface area contributed by atoms with Gasteiger partial charge in [0.1, 0.15) is 5.82 Å². The Labute approximate surface area is 89.7 Å². The van der Waals surface area contributed by atoms with E-state index in [9.17, 15) is 4.39 Å². The average Bonchev–Trinajstić information content (AvgIpc) is 2.18. The molecule has 0 saturated heterocycles. The molecule has 1 aromatic carbocycles. The van der Waals surface area contributed by atoms with Crippen LogP contribution in [0.4, 0.5) is 4.39 Å². The number of hydrogen-bond acceptors (Lipinski definition) is 1. The van der Waals surface area contributed by atoms with E-state index in [4.69, 9.17) is 0 Å². The Balaban J connectivity index is 2.55. The van der Waals surface area contributed by atoms with Crippen LogP contribution in [0.15, 0.2) is 47.2 Å². The predicted molar refractivity (Wildman–Crippen MR) is 57.3 cm³/mol. The highest BCUT2D eigenvalue weighted by molar-refractivity contribution is 9.10. The summed E-state index contributed by atoms with van der Waals surface area (Å²) >= 11 is 3.40. The molecule has 1 heterocycles. The van der Waals surface area contributed by atoms with Crippen LogP contribution in [0.3, 0.4) is 0 Å². The van der Waals surface area contributed by atoms with Crippen molar-refractivity contribution in [2.75, 3.05) is 0 Å². The molecule has 0 amide bonds. The number of benzene rings is 1. The molecule has 0 aliphatic rings. The fourth-order valence-corrected chi connectivity index (χ4v) is 1.70. The smallest absolute Gasteiger partial charge is 0.123 e. The molecule has 14 heavy (non-hydrogen) atoms. The highest BCUT2D eigenvalue weighted by Crippen LogP contribution is 2.26. The minimum Gasteiger partial charge on any atom is -0.264 e. The standard InChI is InChI=1S/C11H7BrFN/c12-11-4-5-14-7-10(11)8-2-1-3-9(13)6-8/h1-7H. The second-order valence-electron chi connectivity index (χ2n) is 2.87. The molecule has 0 aliphatic heterocycles. The molecule has 0 fully saturated rings. The van der Waals surface area contributed by atoms with Crippen molar-refractivity contribution in [3.63, 3.8) is 0 Å². The molecule has 0 saturated carbocycles. The highest BCUT2D eigenvalue weighted by Gasteiger charge is 2.02. The molecular weight excluding hydrogens is 245 g/mol. The number of nitrogens with zero attached hydrogens (tertiary/aromatic N) is 1. The third-order valence-corrected chi connectivity index (χ3v) is 2.59. The van der Waals surface area contributed by atoms with Gasteiger partial charge in [-0.3, -0.25) is 4.98 Å². The Kier molecular flexibility index (Phi) is 2.59. The zero-order valence-corrected chi connectivity index (χ0v) is 8.83. The lowest BCUT2D eigenvalue weighted by Gasteiger charge is -2.02. The molecular formula is C11H7BrFN. The largest absolute Gasteiger partial charge is 0.264 e. The molecule has 0 radical (unpaired) electrons. The summed E-state index contributed by atoms with van der Waals surface area (Å²) in [6, 6.07) is 8.28. The molecule has 0 spiro atoms. The van der Waals surface area contributed by atoms with Crippen LogP contribution in [0, 0.1) is 5.82 Å². The van der Waals surface area contributed by atoms with Gasteiger partial charge in [-0.2, -0.15) is 0 Å². The first-order valence-electron chi connectivity index (χ1n) is 4.13. The maximum absolute atomic E-state index is 12.9. The Bertz CT molecular complexity index is 457. The first kappa shape index (κ1) is 9.34. The SMILES string of the molecule is Fc1cccc(-c2cnccc2Br)c1. The molecule has 0 atom stereocenters. The van der Waals surface area contributed by atoms with Gasteiger partial charge in [-0.1, -0.05) is 28.1 Å². The summed E-state index contributed by atoms with van der Waals surface area (Å²) in [6.07, 6.45) is 3.39. The van der Waals surface area contributed by atoms with E-state index >= 15 is 0 Å². The van der Waals surface area contributed by atoms with Gasteiger partial charge in [-0.15, -0.1) is 0 Å². The van der Waals surface area contributed by atoms with Gasteiger partial charge in [-0.25, -0.2) is 4.39 Å². The third kappa shape index (κ3) is 1.82. The fourth-order valence-electron chi connectivity index (χ4n) is 1.25. The summed E-state index contributed by atoms with van der Waals surface area (Å²) in [5, 5.41) is 0. The third-order valence-electron chi connectivity index (χ3n) is 1.90. The zero-order chi connectivity index (χ0) is 9.97. The summed E-state index contributed by atoms with van der Waals surface area (Å²) in [4.78, 5) is 4.00. The maximum atomic E-state index is 12.9. The van der Waals surface area contributed by atoms with E-state index in [2.05, 4.69) is 20.9 Å². The van der Waals surface area contributed by atoms with Gasteiger partial charge < -0.3 is 0 Å². The van der Waals surface area contributed by atoms with Gasteiger partial charge in [-0.05, 0) is 23.8 Å². The average molecular weight is 252 g/mol. The molecule has 2 rings (SSSR count). The van der Waals surface area contributed by atoms with Gasteiger partial charge in [0.2, 0.25) is 0 Å². The molecule has 70 valence electrons. The van der Waals surface area contributed by atoms with Crippen molar-refractivity contribution in [1.82, 2.24) is 4.98 Å². The van der Waals surface area contributed by atoms with Gasteiger partial charge >= 0.3 is 0 Å². The first-order valence-corrected chi connectivity index (χ1v) is 4.92. The molecule has 0 N–H and O–H groups in total. The van der Waals surface area contributed by atoms with E-state index in [0.29, 0.717) is 0 Å². The van der Waals surface area contributed by atoms with Crippen molar-refractivity contribution in [3.05, 3.63) is 53.0 Å². The minimum absolute atomic E-state index is 0.238. The lowest BCUT2D eigenvalue weighted by molar-refractivity contribution is 0.628. The molecule has 0 aliphatic carbocycles. The summed E-state index contributed by atoms with van der Waals surface area (Å²) in [5.74, 6) is -0.238. The van der Waals surface area contributed by atoms with Crippen molar-refractivity contribution < 1.29 is 4.39 Å². The van der Waals surface area contributed by atoms with E-state index in [1.807, 2.05) is 12.1 Å². The molecule has 0 bridgehead atoms. The Hall–Kier alpha value is -1.22. The molecule has 2 aromatic rings. The number of halogens is 2. The monoisotopic (exact) mass is 251 g/mol. The maximum Gasteiger partial charge on any atom is 0.123 e. The van der Waals surface area contributed by atoms with Crippen molar-refractivity contribution in [2.45, 2.75) is 0 Å². The first-order chi connectivity index (χ1) is 6.77. The van der Waals surface area contributed by atoms with Crippen molar-refractivity contribution in [2.24, 2.45) is 0 Å². The number of hydrogen-bond donors (Lipinski definition) is 0. The van der Waals surface area contributed by atoms with E-state index in [-0.39, 0.29) is 5.82 Å². The molecule has 3 heteroatoms. The van der Waals surface area contributed by atoms with Crippen LogP contribution >= 0.6 is 15.9 Å². The van der Waals surface area contributed by atoms with Crippen molar-refractivity contribution in [3.8, 4) is 11.1 Å². The van der Waals surface area contributed by atoms with Gasteiger partial charge in [0, 0.05) is 22.4 Å². The molecule has 1 nitrogen and oxygen atoms in total. The summed E-state index contributed by atoms with van der Waals surface area (Å²) in [6.45, 7) is 0. The lowest BCUT2D eigenvalue weighted by atomic mass is 10.1. The second-order valence-corrected chi connectivity index (χ2v) is 3.72. The van der Waals surface area contributed by atoms with Crippen LogP contribution in [0.2, 0.25) is 0 Å². The van der Waals surface area contributed by atoms with E-state index in [0.717, 1.165) is 15.6 Å². The van der Waals surface area contributed by atoms with E-state index in [1.54, 1.807) is 18.5 Å². The summed E-state index contributed by atoms with van der Waals surface area (Å²) in [5.41, 5.74) is 1.72. The highest BCUT2D eigenvalue weighted by atomic mass is 79.9. The summed E-state index contributed by atoms with van der Waals surface area (Å²) < 4.78 is 13.9. The number of aromatic nitrogens is 1. The van der Waals surface area contributed by atoms with Gasteiger partial charge in [0.05, 0.1) is 0 Å². The quantitative estimate of drug-likeness (QED) is 0.754. The van der Waals surface area contributed by atoms with Crippen molar-refractivity contribution >= 4 is 15.9 Å². The Morgan fingerprint density at radius 1 is 1.21 bits per heavy atom. The Morgan fingerprint density at radius 3 is 2.79 bits per heavy atom. The van der Waals surface area contributed by atoms with Crippen LogP contribution < -0.4 is 0 Å². The van der Waals surface area contributed by atoms with Gasteiger partial charge in [0.25, 0.3) is 0 Å². The predicted octanol–water partition coefficient (Wildman–Crippen LogP) is 3.65. The van der Waals surface area contributed by atoms with E-state index in [1.165, 1.54) is 12.1 Å². The zero-order valence-electron chi connectivity index (χ0n) is 7.24. The number of rotatable bonds is 1. The van der Waals surface area contributed by atoms with Crippen LogP contribution in [-0.2, 0) is 0 Å². The van der Waals surface area contributed by atoms with Crippen molar-refractivity contribution in [1.29, 1.82) is 0 Å². The van der Waals surface area contributed by atoms with Crippen LogP contribution in [0.25, 0.3) is 11.1 Å². The van der Waals surface area contributed by atoms with E-state index < -0.39 is 0 Å². The van der Waals surface area contributed by atoms with Crippen LogP contribution in [-0.4, -0.2) is 4.98 Å².